The molecule has 0 bridgehead atoms. The van der Waals surface area contributed by atoms with E-state index in [1.54, 1.807) is 19.1 Å². The number of nitrogens with zero attached hydrogens (tertiary/aromatic N) is 2. The molecule has 0 radical (unpaired) electrons. The van der Waals surface area contributed by atoms with E-state index < -0.39 is 10.0 Å². The predicted molar refractivity (Wildman–Crippen MR) is 114 cm³/mol. The van der Waals surface area contributed by atoms with Crippen LogP contribution in [0.3, 0.4) is 0 Å². The van der Waals surface area contributed by atoms with Crippen LogP contribution in [0.1, 0.15) is 6.92 Å². The van der Waals surface area contributed by atoms with Gasteiger partial charge in [-0.25, -0.2) is 0 Å². The minimum atomic E-state index is -3.94. The van der Waals surface area contributed by atoms with E-state index in [4.69, 9.17) is 4.42 Å². The quantitative estimate of drug-likeness (QED) is 0.442. The lowest BCUT2D eigenvalue weighted by molar-refractivity contribution is 0.578. The second-order valence-electron chi connectivity index (χ2n) is 6.39. The molecule has 0 N–H and O–H groups in total. The minimum absolute atomic E-state index is 0.0896. The highest BCUT2D eigenvalue weighted by Crippen LogP contribution is 2.35. The molecule has 0 amide bonds. The molecule has 0 unspecified atom stereocenters. The zero-order valence-electron chi connectivity index (χ0n) is 15.9. The van der Waals surface area contributed by atoms with Crippen LogP contribution in [0, 0.1) is 0 Å². The number of hydrogen-bond acceptors (Lipinski definition) is 4. The van der Waals surface area contributed by atoms with Gasteiger partial charge in [-0.15, -0.1) is 0 Å². The summed E-state index contributed by atoms with van der Waals surface area (Å²) < 4.78 is 34.5. The Kier molecular flexibility index (Phi) is 5.18. The molecule has 0 fully saturated rings. The smallest absolute Gasteiger partial charge is 0.285 e. The molecule has 1 heterocycles. The number of rotatable bonds is 6. The zero-order valence-corrected chi connectivity index (χ0v) is 16.7. The third-order valence-corrected chi connectivity index (χ3v) is 6.33. The summed E-state index contributed by atoms with van der Waals surface area (Å²) in [5.74, 6) is 0.506. The van der Waals surface area contributed by atoms with Gasteiger partial charge in [0.1, 0.15) is 0 Å². The van der Waals surface area contributed by atoms with Crippen LogP contribution in [-0.4, -0.2) is 19.9 Å². The van der Waals surface area contributed by atoms with Crippen LogP contribution in [0.4, 0.5) is 5.69 Å². The Labute approximate surface area is 170 Å². The SMILES string of the molecule is CCN(c1ccccc1)S(=O)(=O)c1nc(-c2ccccc2)oc1-c1ccccc1. The lowest BCUT2D eigenvalue weighted by atomic mass is 10.2. The molecule has 0 saturated carbocycles. The average molecular weight is 404 g/mol. The van der Waals surface area contributed by atoms with Crippen molar-refractivity contribution in [2.75, 3.05) is 10.8 Å². The van der Waals surface area contributed by atoms with Gasteiger partial charge < -0.3 is 4.42 Å². The normalized spacial score (nSPS) is 11.3. The van der Waals surface area contributed by atoms with Crippen LogP contribution in [-0.2, 0) is 10.0 Å². The predicted octanol–water partition coefficient (Wildman–Crippen LogP) is 5.22. The molecular formula is C23H20N2O3S. The van der Waals surface area contributed by atoms with Crippen LogP contribution in [0.5, 0.6) is 0 Å². The van der Waals surface area contributed by atoms with Crippen LogP contribution in [0.25, 0.3) is 22.8 Å². The fourth-order valence-corrected chi connectivity index (χ4v) is 4.69. The first-order valence-corrected chi connectivity index (χ1v) is 10.7. The fraction of sp³-hybridized carbons (Fsp3) is 0.0870. The Balaban J connectivity index is 1.90. The van der Waals surface area contributed by atoms with Gasteiger partial charge in [-0.05, 0) is 31.2 Å². The first-order chi connectivity index (χ1) is 14.1. The van der Waals surface area contributed by atoms with Gasteiger partial charge in [0.05, 0.1) is 5.69 Å². The van der Waals surface area contributed by atoms with Gasteiger partial charge in [0, 0.05) is 17.7 Å². The van der Waals surface area contributed by atoms with E-state index in [-0.39, 0.29) is 23.2 Å². The molecule has 146 valence electrons. The number of oxazole rings is 1. The Morgan fingerprint density at radius 3 is 1.86 bits per heavy atom. The first kappa shape index (κ1) is 19.0. The largest absolute Gasteiger partial charge is 0.435 e. The van der Waals surface area contributed by atoms with E-state index in [9.17, 15) is 8.42 Å². The highest BCUT2D eigenvalue weighted by molar-refractivity contribution is 7.92. The van der Waals surface area contributed by atoms with Gasteiger partial charge in [0.15, 0.2) is 5.76 Å². The summed E-state index contributed by atoms with van der Waals surface area (Å²) >= 11 is 0. The summed E-state index contributed by atoms with van der Waals surface area (Å²) in [6, 6.07) is 27.5. The highest BCUT2D eigenvalue weighted by Gasteiger charge is 2.32. The van der Waals surface area contributed by atoms with Gasteiger partial charge in [0.25, 0.3) is 10.0 Å². The van der Waals surface area contributed by atoms with Gasteiger partial charge in [-0.1, -0.05) is 66.7 Å². The third-order valence-electron chi connectivity index (χ3n) is 4.52. The molecule has 1 aromatic heterocycles. The summed E-state index contributed by atoms with van der Waals surface area (Å²) in [5, 5.41) is -0.0896. The van der Waals surface area contributed by atoms with Gasteiger partial charge in [0.2, 0.25) is 10.9 Å². The summed E-state index contributed by atoms with van der Waals surface area (Å²) in [6.45, 7) is 2.07. The Bertz CT molecular complexity index is 1190. The van der Waals surface area contributed by atoms with Gasteiger partial charge >= 0.3 is 0 Å². The maximum atomic E-state index is 13.6. The molecule has 0 atom stereocenters. The third kappa shape index (κ3) is 3.67. The zero-order chi connectivity index (χ0) is 20.3. The number of anilines is 1. The summed E-state index contributed by atoms with van der Waals surface area (Å²) in [4.78, 5) is 4.43. The van der Waals surface area contributed by atoms with E-state index >= 15 is 0 Å². The van der Waals surface area contributed by atoms with Gasteiger partial charge in [-0.2, -0.15) is 13.4 Å². The van der Waals surface area contributed by atoms with Crippen molar-refractivity contribution in [1.82, 2.24) is 4.98 Å². The fourth-order valence-electron chi connectivity index (χ4n) is 3.15. The molecule has 5 nitrogen and oxygen atoms in total. The van der Waals surface area contributed by atoms with Crippen LogP contribution in [0.2, 0.25) is 0 Å². The molecule has 3 aromatic carbocycles. The van der Waals surface area contributed by atoms with Crippen molar-refractivity contribution in [3.8, 4) is 22.8 Å². The molecule has 0 spiro atoms. The van der Waals surface area contributed by atoms with Crippen molar-refractivity contribution in [2.45, 2.75) is 11.9 Å². The topological polar surface area (TPSA) is 63.4 Å². The minimum Gasteiger partial charge on any atom is -0.435 e. The molecular weight excluding hydrogens is 384 g/mol. The highest BCUT2D eigenvalue weighted by atomic mass is 32.2. The molecule has 0 aliphatic rings. The van der Waals surface area contributed by atoms with E-state index in [2.05, 4.69) is 4.98 Å². The lowest BCUT2D eigenvalue weighted by Crippen LogP contribution is -2.31. The van der Waals surface area contributed by atoms with E-state index in [0.717, 1.165) is 0 Å². The molecule has 6 heteroatoms. The Hall–Kier alpha value is -3.38. The van der Waals surface area contributed by atoms with Crippen LogP contribution in [0.15, 0.2) is 100 Å². The standard InChI is InChI=1S/C23H20N2O3S/c1-2-25(20-16-10-5-11-17-20)29(26,27)23-21(18-12-6-3-7-13-18)28-22(24-23)19-14-8-4-9-15-19/h3-17H,2H2,1H3. The number of sulfonamides is 1. The van der Waals surface area contributed by atoms with Crippen molar-refractivity contribution in [2.24, 2.45) is 0 Å². The average Bonchev–Trinajstić information content (AvgIpc) is 3.23. The monoisotopic (exact) mass is 404 g/mol. The molecule has 0 aliphatic carbocycles. The summed E-state index contributed by atoms with van der Waals surface area (Å²) in [5.41, 5.74) is 1.96. The maximum Gasteiger partial charge on any atom is 0.285 e. The van der Waals surface area contributed by atoms with Crippen molar-refractivity contribution in [1.29, 1.82) is 0 Å². The summed E-state index contributed by atoms with van der Waals surface area (Å²) in [7, 11) is -3.94. The number of hydrogen-bond donors (Lipinski definition) is 0. The number of para-hydroxylation sites is 1. The summed E-state index contributed by atoms with van der Waals surface area (Å²) in [6.07, 6.45) is 0. The van der Waals surface area contributed by atoms with E-state index in [0.29, 0.717) is 16.8 Å². The van der Waals surface area contributed by atoms with Gasteiger partial charge in [-0.3, -0.25) is 4.31 Å². The van der Waals surface area contributed by atoms with Crippen molar-refractivity contribution in [3.05, 3.63) is 91.0 Å². The Morgan fingerprint density at radius 2 is 1.31 bits per heavy atom. The second-order valence-corrected chi connectivity index (χ2v) is 8.17. The van der Waals surface area contributed by atoms with Crippen LogP contribution >= 0.6 is 0 Å². The van der Waals surface area contributed by atoms with Crippen molar-refractivity contribution < 1.29 is 12.8 Å². The van der Waals surface area contributed by atoms with Crippen LogP contribution < -0.4 is 4.31 Å². The maximum absolute atomic E-state index is 13.6. The molecule has 0 saturated heterocycles. The molecule has 0 aliphatic heterocycles. The van der Waals surface area contributed by atoms with Crippen molar-refractivity contribution in [3.63, 3.8) is 0 Å². The van der Waals surface area contributed by atoms with E-state index in [1.807, 2.05) is 78.9 Å². The number of aromatic nitrogens is 1. The van der Waals surface area contributed by atoms with Crippen molar-refractivity contribution >= 4 is 15.7 Å². The lowest BCUT2D eigenvalue weighted by Gasteiger charge is -2.21. The molecule has 29 heavy (non-hydrogen) atoms. The second kappa shape index (κ2) is 7.93. The van der Waals surface area contributed by atoms with E-state index in [1.165, 1.54) is 4.31 Å². The number of benzene rings is 3. The molecule has 4 aromatic rings. The Morgan fingerprint density at radius 1 is 0.793 bits per heavy atom. The molecule has 4 rings (SSSR count). The first-order valence-electron chi connectivity index (χ1n) is 9.30.